The van der Waals surface area contributed by atoms with Gasteiger partial charge in [-0.05, 0) is 12.5 Å². The quantitative estimate of drug-likeness (QED) is 0.577. The SMILES string of the molecule is CCCNC(=O)NC(=O)COC(=O)c1ccccc1C(=O)c1ccccc1. The standard InChI is InChI=1S/C20H20N2O5/c1-2-12-21-20(26)22-17(23)13-27-19(25)16-11-7-6-10-15(16)18(24)14-8-4-3-5-9-14/h3-11H,2,12-13H2,1H3,(H2,21,22,23,26). The number of ketones is 1. The number of imide groups is 1. The Morgan fingerprint density at radius 2 is 1.52 bits per heavy atom. The van der Waals surface area contributed by atoms with Crippen LogP contribution in [-0.4, -0.2) is 36.8 Å². The predicted octanol–water partition coefficient (Wildman–Crippen LogP) is 2.31. The zero-order chi connectivity index (χ0) is 19.6. The highest BCUT2D eigenvalue weighted by molar-refractivity contribution is 6.14. The molecule has 2 rings (SSSR count). The molecule has 2 aromatic carbocycles. The molecule has 0 aromatic heterocycles. The molecule has 140 valence electrons. The summed E-state index contributed by atoms with van der Waals surface area (Å²) in [6, 6.07) is 14.1. The summed E-state index contributed by atoms with van der Waals surface area (Å²) in [5, 5.41) is 4.52. The smallest absolute Gasteiger partial charge is 0.339 e. The highest BCUT2D eigenvalue weighted by Crippen LogP contribution is 2.15. The molecule has 0 fully saturated rings. The molecule has 2 N–H and O–H groups in total. The number of urea groups is 1. The lowest BCUT2D eigenvalue weighted by Crippen LogP contribution is -2.41. The third-order valence-corrected chi connectivity index (χ3v) is 3.55. The van der Waals surface area contributed by atoms with E-state index in [1.807, 2.05) is 6.92 Å². The van der Waals surface area contributed by atoms with Gasteiger partial charge in [0.25, 0.3) is 5.91 Å². The lowest BCUT2D eigenvalue weighted by atomic mass is 9.98. The number of hydrogen-bond donors (Lipinski definition) is 2. The number of esters is 1. The Labute approximate surface area is 156 Å². The number of rotatable bonds is 7. The van der Waals surface area contributed by atoms with Gasteiger partial charge in [0, 0.05) is 17.7 Å². The fourth-order valence-electron chi connectivity index (χ4n) is 2.26. The normalized spacial score (nSPS) is 9.96. The van der Waals surface area contributed by atoms with Gasteiger partial charge in [-0.1, -0.05) is 55.5 Å². The van der Waals surface area contributed by atoms with Crippen LogP contribution >= 0.6 is 0 Å². The zero-order valence-corrected chi connectivity index (χ0v) is 14.9. The van der Waals surface area contributed by atoms with Gasteiger partial charge < -0.3 is 10.1 Å². The number of benzene rings is 2. The van der Waals surface area contributed by atoms with E-state index >= 15 is 0 Å². The monoisotopic (exact) mass is 368 g/mol. The van der Waals surface area contributed by atoms with Crippen LogP contribution in [0.5, 0.6) is 0 Å². The molecular formula is C20H20N2O5. The number of carbonyl (C=O) groups excluding carboxylic acids is 4. The van der Waals surface area contributed by atoms with E-state index in [1.54, 1.807) is 42.5 Å². The maximum absolute atomic E-state index is 12.6. The van der Waals surface area contributed by atoms with Gasteiger partial charge in [0.05, 0.1) is 5.56 Å². The van der Waals surface area contributed by atoms with Crippen LogP contribution < -0.4 is 10.6 Å². The van der Waals surface area contributed by atoms with Crippen molar-refractivity contribution >= 4 is 23.7 Å². The molecule has 0 unspecified atom stereocenters. The highest BCUT2D eigenvalue weighted by atomic mass is 16.5. The van der Waals surface area contributed by atoms with E-state index in [4.69, 9.17) is 4.74 Å². The van der Waals surface area contributed by atoms with Crippen molar-refractivity contribution in [2.75, 3.05) is 13.2 Å². The summed E-state index contributed by atoms with van der Waals surface area (Å²) in [5.41, 5.74) is 0.660. The maximum Gasteiger partial charge on any atom is 0.339 e. The van der Waals surface area contributed by atoms with Crippen molar-refractivity contribution in [2.24, 2.45) is 0 Å². The van der Waals surface area contributed by atoms with Crippen molar-refractivity contribution in [1.29, 1.82) is 0 Å². The summed E-state index contributed by atoms with van der Waals surface area (Å²) in [5.74, 6) is -1.91. The van der Waals surface area contributed by atoms with Crippen LogP contribution in [0, 0.1) is 0 Å². The zero-order valence-electron chi connectivity index (χ0n) is 14.9. The number of ether oxygens (including phenoxy) is 1. The van der Waals surface area contributed by atoms with Crippen LogP contribution in [0.25, 0.3) is 0 Å². The summed E-state index contributed by atoms with van der Waals surface area (Å²) >= 11 is 0. The van der Waals surface area contributed by atoms with Crippen molar-refractivity contribution in [2.45, 2.75) is 13.3 Å². The molecule has 0 radical (unpaired) electrons. The van der Waals surface area contributed by atoms with Crippen molar-refractivity contribution in [3.8, 4) is 0 Å². The summed E-state index contributed by atoms with van der Waals surface area (Å²) in [6.45, 7) is 1.66. The molecule has 0 aliphatic rings. The number of carbonyl (C=O) groups is 4. The molecule has 2 aromatic rings. The third-order valence-electron chi connectivity index (χ3n) is 3.55. The molecule has 7 nitrogen and oxygen atoms in total. The second-order valence-electron chi connectivity index (χ2n) is 5.62. The van der Waals surface area contributed by atoms with Gasteiger partial charge in [-0.2, -0.15) is 0 Å². The largest absolute Gasteiger partial charge is 0.452 e. The van der Waals surface area contributed by atoms with Crippen LogP contribution in [-0.2, 0) is 9.53 Å². The Balaban J connectivity index is 2.02. The fourth-order valence-corrected chi connectivity index (χ4v) is 2.26. The summed E-state index contributed by atoms with van der Waals surface area (Å²) in [7, 11) is 0. The molecular weight excluding hydrogens is 348 g/mol. The van der Waals surface area contributed by atoms with E-state index in [-0.39, 0.29) is 16.9 Å². The molecule has 7 heteroatoms. The average Bonchev–Trinajstić information content (AvgIpc) is 2.70. The van der Waals surface area contributed by atoms with E-state index < -0.39 is 24.5 Å². The van der Waals surface area contributed by atoms with Crippen LogP contribution in [0.4, 0.5) is 4.79 Å². The van der Waals surface area contributed by atoms with Gasteiger partial charge in [0.2, 0.25) is 0 Å². The van der Waals surface area contributed by atoms with E-state index in [9.17, 15) is 19.2 Å². The molecule has 0 heterocycles. The fraction of sp³-hybridized carbons (Fsp3) is 0.200. The maximum atomic E-state index is 12.6. The number of amides is 3. The summed E-state index contributed by atoms with van der Waals surface area (Å²) < 4.78 is 4.94. The number of nitrogens with one attached hydrogen (secondary N) is 2. The minimum atomic E-state index is -0.820. The Kier molecular flexibility index (Phi) is 7.25. The molecule has 0 atom stereocenters. The first-order valence-electron chi connectivity index (χ1n) is 8.46. The van der Waals surface area contributed by atoms with Crippen molar-refractivity contribution in [3.05, 3.63) is 71.3 Å². The first-order valence-corrected chi connectivity index (χ1v) is 8.46. The van der Waals surface area contributed by atoms with Crippen molar-refractivity contribution in [3.63, 3.8) is 0 Å². The Morgan fingerprint density at radius 3 is 2.19 bits per heavy atom. The topological polar surface area (TPSA) is 102 Å². The minimum absolute atomic E-state index is 0.0505. The average molecular weight is 368 g/mol. The van der Waals surface area contributed by atoms with Gasteiger partial charge in [-0.15, -0.1) is 0 Å². The Hall–Kier alpha value is -3.48. The van der Waals surface area contributed by atoms with Crippen molar-refractivity contribution < 1.29 is 23.9 Å². The van der Waals surface area contributed by atoms with Crippen LogP contribution in [0.15, 0.2) is 54.6 Å². The Bertz CT molecular complexity index is 833. The molecule has 0 saturated carbocycles. The molecule has 0 bridgehead atoms. The lowest BCUT2D eigenvalue weighted by Gasteiger charge is -2.09. The minimum Gasteiger partial charge on any atom is -0.452 e. The molecule has 0 aliphatic carbocycles. The first-order chi connectivity index (χ1) is 13.0. The molecule has 0 aliphatic heterocycles. The van der Waals surface area contributed by atoms with E-state index in [1.165, 1.54) is 12.1 Å². The van der Waals surface area contributed by atoms with E-state index in [0.717, 1.165) is 6.42 Å². The summed E-state index contributed by atoms with van der Waals surface area (Å²) in [6.07, 6.45) is 0.725. The Morgan fingerprint density at radius 1 is 0.889 bits per heavy atom. The second kappa shape index (κ2) is 9.86. The molecule has 3 amide bonds. The van der Waals surface area contributed by atoms with Gasteiger partial charge in [-0.25, -0.2) is 9.59 Å². The second-order valence-corrected chi connectivity index (χ2v) is 5.62. The molecule has 0 saturated heterocycles. The van der Waals surface area contributed by atoms with E-state index in [2.05, 4.69) is 10.6 Å². The van der Waals surface area contributed by atoms with Crippen LogP contribution in [0.3, 0.4) is 0 Å². The van der Waals surface area contributed by atoms with Crippen molar-refractivity contribution in [1.82, 2.24) is 10.6 Å². The third kappa shape index (κ3) is 5.78. The van der Waals surface area contributed by atoms with Gasteiger partial charge in [0.1, 0.15) is 0 Å². The first kappa shape index (κ1) is 19.8. The van der Waals surface area contributed by atoms with Gasteiger partial charge in [-0.3, -0.25) is 14.9 Å². The molecule has 27 heavy (non-hydrogen) atoms. The van der Waals surface area contributed by atoms with Gasteiger partial charge in [0.15, 0.2) is 12.4 Å². The van der Waals surface area contributed by atoms with E-state index in [0.29, 0.717) is 12.1 Å². The van der Waals surface area contributed by atoms with Crippen LogP contribution in [0.1, 0.15) is 39.6 Å². The molecule has 0 spiro atoms. The van der Waals surface area contributed by atoms with Gasteiger partial charge >= 0.3 is 12.0 Å². The number of hydrogen-bond acceptors (Lipinski definition) is 5. The lowest BCUT2D eigenvalue weighted by molar-refractivity contribution is -0.123. The summed E-state index contributed by atoms with van der Waals surface area (Å²) in [4.78, 5) is 48.0. The predicted molar refractivity (Wildman–Crippen MR) is 98.4 cm³/mol. The van der Waals surface area contributed by atoms with Crippen LogP contribution in [0.2, 0.25) is 0 Å². The highest BCUT2D eigenvalue weighted by Gasteiger charge is 2.20.